The molecule has 0 unspecified atom stereocenters. The van der Waals surface area contributed by atoms with Crippen molar-refractivity contribution in [3.63, 3.8) is 0 Å². The first-order valence-electron chi connectivity index (χ1n) is 7.16. The zero-order valence-electron chi connectivity index (χ0n) is 13.4. The zero-order valence-corrected chi connectivity index (χ0v) is 13.4. The Labute approximate surface area is 147 Å². The van der Waals surface area contributed by atoms with Crippen LogP contribution in [0.1, 0.15) is 27.0 Å². The van der Waals surface area contributed by atoms with E-state index in [-0.39, 0.29) is 11.6 Å². The van der Waals surface area contributed by atoms with Crippen molar-refractivity contribution < 1.29 is 36.1 Å². The third-order valence-corrected chi connectivity index (χ3v) is 3.61. The van der Waals surface area contributed by atoms with Crippen molar-refractivity contribution in [2.24, 2.45) is 0 Å². The van der Waals surface area contributed by atoms with Gasteiger partial charge in [-0.1, -0.05) is 18.2 Å². The highest BCUT2D eigenvalue weighted by atomic mass is 19.4. The standard InChI is InChI=1S/C16H10F6N2O3/c1-8-10(15(17,18)19)7-11(12(16(20,21)22)13(8)24(26)27)23-14(25)9-5-3-2-4-6-9/h2-7H,1H3,(H,23,25). The van der Waals surface area contributed by atoms with Gasteiger partial charge in [-0.25, -0.2) is 0 Å². The zero-order chi connectivity index (χ0) is 20.6. The van der Waals surface area contributed by atoms with Crippen molar-refractivity contribution >= 4 is 17.3 Å². The van der Waals surface area contributed by atoms with Gasteiger partial charge < -0.3 is 5.32 Å². The summed E-state index contributed by atoms with van der Waals surface area (Å²) in [7, 11) is 0. The molecule has 0 aliphatic carbocycles. The predicted octanol–water partition coefficient (Wildman–Crippen LogP) is 5.19. The smallest absolute Gasteiger partial charge is 0.321 e. The molecule has 0 atom stereocenters. The maximum atomic E-state index is 13.4. The lowest BCUT2D eigenvalue weighted by Gasteiger charge is -2.19. The van der Waals surface area contributed by atoms with Crippen LogP contribution in [0, 0.1) is 17.0 Å². The molecule has 0 aliphatic rings. The number of nitro benzene ring substituents is 1. The molecule has 2 rings (SSSR count). The molecular formula is C16H10F6N2O3. The van der Waals surface area contributed by atoms with Gasteiger partial charge >= 0.3 is 12.4 Å². The van der Waals surface area contributed by atoms with E-state index < -0.39 is 51.2 Å². The van der Waals surface area contributed by atoms with E-state index in [0.717, 1.165) is 0 Å². The van der Waals surface area contributed by atoms with Crippen LogP contribution in [0.3, 0.4) is 0 Å². The van der Waals surface area contributed by atoms with Crippen LogP contribution in [0.4, 0.5) is 37.7 Å². The van der Waals surface area contributed by atoms with Gasteiger partial charge in [0.25, 0.3) is 11.6 Å². The van der Waals surface area contributed by atoms with Gasteiger partial charge in [0.15, 0.2) is 5.56 Å². The van der Waals surface area contributed by atoms with E-state index in [1.807, 2.05) is 0 Å². The monoisotopic (exact) mass is 392 g/mol. The predicted molar refractivity (Wildman–Crippen MR) is 82.2 cm³/mol. The van der Waals surface area contributed by atoms with E-state index >= 15 is 0 Å². The molecule has 1 N–H and O–H groups in total. The molecule has 5 nitrogen and oxygen atoms in total. The first-order chi connectivity index (χ1) is 12.3. The summed E-state index contributed by atoms with van der Waals surface area (Å²) < 4.78 is 79.6. The van der Waals surface area contributed by atoms with Crippen molar-refractivity contribution in [3.8, 4) is 0 Å². The summed E-state index contributed by atoms with van der Waals surface area (Å²) in [6.45, 7) is 0.568. The number of alkyl halides is 6. The second kappa shape index (κ2) is 6.89. The highest BCUT2D eigenvalue weighted by molar-refractivity contribution is 6.05. The molecule has 2 aromatic carbocycles. The second-order valence-corrected chi connectivity index (χ2v) is 5.39. The lowest BCUT2D eigenvalue weighted by molar-refractivity contribution is -0.388. The first-order valence-corrected chi connectivity index (χ1v) is 7.16. The number of halogens is 6. The summed E-state index contributed by atoms with van der Waals surface area (Å²) in [6, 6.07) is 6.77. The number of benzene rings is 2. The molecule has 27 heavy (non-hydrogen) atoms. The second-order valence-electron chi connectivity index (χ2n) is 5.39. The Morgan fingerprint density at radius 1 is 1.04 bits per heavy atom. The van der Waals surface area contributed by atoms with Gasteiger partial charge in [-0.3, -0.25) is 14.9 Å². The maximum Gasteiger partial charge on any atom is 0.425 e. The molecule has 0 aliphatic heterocycles. The SMILES string of the molecule is Cc1c(C(F)(F)F)cc(NC(=O)c2ccccc2)c(C(F)(F)F)c1[N+](=O)[O-]. The fourth-order valence-corrected chi connectivity index (χ4v) is 2.46. The number of amides is 1. The molecule has 2 aromatic rings. The quantitative estimate of drug-likeness (QED) is 0.444. The van der Waals surface area contributed by atoms with Crippen LogP contribution in [-0.4, -0.2) is 10.8 Å². The number of rotatable bonds is 3. The molecule has 0 saturated heterocycles. The molecule has 0 saturated carbocycles. The summed E-state index contributed by atoms with van der Waals surface area (Å²) in [6.07, 6.45) is -10.5. The maximum absolute atomic E-state index is 13.4. The van der Waals surface area contributed by atoms with Crippen LogP contribution in [0.2, 0.25) is 0 Å². The number of nitro groups is 1. The van der Waals surface area contributed by atoms with Gasteiger partial charge in [0, 0.05) is 11.1 Å². The average Bonchev–Trinajstić information content (AvgIpc) is 2.54. The molecule has 0 aromatic heterocycles. The fraction of sp³-hybridized carbons (Fsp3) is 0.188. The van der Waals surface area contributed by atoms with Crippen molar-refractivity contribution in [2.45, 2.75) is 19.3 Å². The Morgan fingerprint density at radius 2 is 1.59 bits per heavy atom. The molecule has 0 radical (unpaired) electrons. The minimum atomic E-state index is -5.38. The van der Waals surface area contributed by atoms with Crippen LogP contribution in [0.25, 0.3) is 0 Å². The van der Waals surface area contributed by atoms with E-state index in [9.17, 15) is 41.3 Å². The number of hydrogen-bond acceptors (Lipinski definition) is 3. The topological polar surface area (TPSA) is 72.2 Å². The molecule has 144 valence electrons. The number of anilines is 1. The molecular weight excluding hydrogens is 382 g/mol. The Hall–Kier alpha value is -3.11. The third-order valence-electron chi connectivity index (χ3n) is 3.61. The summed E-state index contributed by atoms with van der Waals surface area (Å²) in [5.41, 5.74) is -8.05. The van der Waals surface area contributed by atoms with E-state index in [1.54, 1.807) is 5.32 Å². The first kappa shape index (κ1) is 20.2. The van der Waals surface area contributed by atoms with Gasteiger partial charge in [0.05, 0.1) is 16.2 Å². The Balaban J connectivity index is 2.76. The number of carbonyl (C=O) groups is 1. The molecule has 0 spiro atoms. The van der Waals surface area contributed by atoms with Gasteiger partial charge in [0.1, 0.15) is 0 Å². The molecule has 0 fully saturated rings. The molecule has 1 amide bonds. The number of carbonyl (C=O) groups excluding carboxylic acids is 1. The minimum absolute atomic E-state index is 0.0476. The Bertz CT molecular complexity index is 892. The molecule has 11 heteroatoms. The highest BCUT2D eigenvalue weighted by Gasteiger charge is 2.46. The van der Waals surface area contributed by atoms with Gasteiger partial charge in [-0.05, 0) is 25.1 Å². The van der Waals surface area contributed by atoms with Crippen LogP contribution >= 0.6 is 0 Å². The minimum Gasteiger partial charge on any atom is -0.321 e. The highest BCUT2D eigenvalue weighted by Crippen LogP contribution is 2.47. The van der Waals surface area contributed by atoms with Crippen LogP contribution in [-0.2, 0) is 12.4 Å². The summed E-state index contributed by atoms with van der Waals surface area (Å²) in [5, 5.41) is 12.8. The Kier molecular flexibility index (Phi) is 5.16. The van der Waals surface area contributed by atoms with Gasteiger partial charge in [-0.2, -0.15) is 26.3 Å². The van der Waals surface area contributed by atoms with Crippen LogP contribution in [0.5, 0.6) is 0 Å². The van der Waals surface area contributed by atoms with E-state index in [0.29, 0.717) is 6.92 Å². The van der Waals surface area contributed by atoms with Gasteiger partial charge in [0.2, 0.25) is 0 Å². The number of nitrogens with zero attached hydrogens (tertiary/aromatic N) is 1. The van der Waals surface area contributed by atoms with Crippen LogP contribution in [0.15, 0.2) is 36.4 Å². The van der Waals surface area contributed by atoms with Crippen molar-refractivity contribution in [1.29, 1.82) is 0 Å². The number of hydrogen-bond donors (Lipinski definition) is 1. The fourth-order valence-electron chi connectivity index (χ4n) is 2.46. The average molecular weight is 392 g/mol. The van der Waals surface area contributed by atoms with Crippen LogP contribution < -0.4 is 5.32 Å². The van der Waals surface area contributed by atoms with Gasteiger partial charge in [-0.15, -0.1) is 0 Å². The summed E-state index contributed by atoms with van der Waals surface area (Å²) in [4.78, 5) is 21.6. The number of nitrogens with one attached hydrogen (secondary N) is 1. The summed E-state index contributed by atoms with van der Waals surface area (Å²) in [5.74, 6) is -1.15. The van der Waals surface area contributed by atoms with Crippen molar-refractivity contribution in [1.82, 2.24) is 0 Å². The molecule has 0 bridgehead atoms. The Morgan fingerprint density at radius 3 is 2.04 bits per heavy atom. The summed E-state index contributed by atoms with van der Waals surface area (Å²) >= 11 is 0. The lowest BCUT2D eigenvalue weighted by Crippen LogP contribution is -2.21. The van der Waals surface area contributed by atoms with Crippen molar-refractivity contribution in [3.05, 3.63) is 68.8 Å². The lowest BCUT2D eigenvalue weighted by atomic mass is 9.98. The van der Waals surface area contributed by atoms with Crippen molar-refractivity contribution in [2.75, 3.05) is 5.32 Å². The largest absolute Gasteiger partial charge is 0.425 e. The van der Waals surface area contributed by atoms with E-state index in [2.05, 4.69) is 0 Å². The van der Waals surface area contributed by atoms with E-state index in [1.165, 1.54) is 30.3 Å². The van der Waals surface area contributed by atoms with E-state index in [4.69, 9.17) is 0 Å². The molecule has 0 heterocycles. The third kappa shape index (κ3) is 4.18. The normalized spacial score (nSPS) is 12.0.